The minimum atomic E-state index is -3.62. The first kappa shape index (κ1) is 20.3. The fraction of sp³-hybridized carbons (Fsp3) is 0.118. The Hall–Kier alpha value is -2.40. The Morgan fingerprint density at radius 3 is 1.96 bits per heavy atom. The summed E-state index contributed by atoms with van der Waals surface area (Å²) in [7, 11) is -2.37. The molecular formula is C17H10F5NO3S2. The van der Waals surface area contributed by atoms with Gasteiger partial charge in [-0.2, -0.15) is 0 Å². The summed E-state index contributed by atoms with van der Waals surface area (Å²) < 4.78 is 96.8. The van der Waals surface area contributed by atoms with Crippen LogP contribution in [0, 0.1) is 29.1 Å². The Balaban J connectivity index is 2.26. The maximum atomic E-state index is 14.1. The van der Waals surface area contributed by atoms with E-state index in [0.29, 0.717) is 0 Å². The molecule has 0 aliphatic heterocycles. The fourth-order valence-electron chi connectivity index (χ4n) is 2.39. The first-order chi connectivity index (χ1) is 13.1. The molecule has 0 radical (unpaired) electrons. The third-order valence-electron chi connectivity index (χ3n) is 3.73. The number of rotatable bonds is 4. The van der Waals surface area contributed by atoms with Crippen LogP contribution in [0.5, 0.6) is 5.75 Å². The number of ether oxygens (including phenoxy) is 1. The Kier molecular flexibility index (Phi) is 5.24. The molecule has 28 heavy (non-hydrogen) atoms. The van der Waals surface area contributed by atoms with E-state index >= 15 is 0 Å². The average molecular weight is 435 g/mol. The number of pyridine rings is 1. The van der Waals surface area contributed by atoms with E-state index in [1.54, 1.807) is 0 Å². The second-order valence-corrected chi connectivity index (χ2v) is 8.57. The minimum absolute atomic E-state index is 0.00996. The van der Waals surface area contributed by atoms with E-state index in [9.17, 15) is 30.4 Å². The predicted octanol–water partition coefficient (Wildman–Crippen LogP) is 4.49. The predicted molar refractivity (Wildman–Crippen MR) is 91.8 cm³/mol. The molecule has 0 unspecified atom stereocenters. The number of nitrogens with zero attached hydrogens (tertiary/aromatic N) is 1. The van der Waals surface area contributed by atoms with Gasteiger partial charge in [0.1, 0.15) is 5.75 Å². The first-order valence-corrected chi connectivity index (χ1v) is 10.1. The lowest BCUT2D eigenvalue weighted by atomic mass is 10.2. The molecular weight excluding hydrogens is 425 g/mol. The molecule has 1 heterocycles. The number of methoxy groups -OCH3 is 1. The molecule has 3 aromatic rings. The van der Waals surface area contributed by atoms with Crippen LogP contribution in [-0.4, -0.2) is 26.8 Å². The molecule has 0 aliphatic carbocycles. The van der Waals surface area contributed by atoms with Crippen molar-refractivity contribution in [3.63, 3.8) is 0 Å². The average Bonchev–Trinajstić information content (AvgIpc) is 2.66. The highest BCUT2D eigenvalue weighted by Crippen LogP contribution is 2.43. The second kappa shape index (κ2) is 7.21. The van der Waals surface area contributed by atoms with Crippen molar-refractivity contribution in [1.29, 1.82) is 0 Å². The highest BCUT2D eigenvalue weighted by atomic mass is 32.2. The van der Waals surface area contributed by atoms with Crippen LogP contribution >= 0.6 is 11.8 Å². The van der Waals surface area contributed by atoms with E-state index < -0.39 is 43.8 Å². The third-order valence-corrected chi connectivity index (χ3v) is 5.91. The zero-order chi connectivity index (χ0) is 20.8. The molecule has 4 nitrogen and oxygen atoms in total. The van der Waals surface area contributed by atoms with E-state index in [2.05, 4.69) is 4.98 Å². The van der Waals surface area contributed by atoms with Crippen LogP contribution < -0.4 is 4.74 Å². The molecule has 11 heteroatoms. The van der Waals surface area contributed by atoms with Gasteiger partial charge in [-0.15, -0.1) is 0 Å². The van der Waals surface area contributed by atoms with Gasteiger partial charge in [0.15, 0.2) is 38.1 Å². The van der Waals surface area contributed by atoms with Crippen LogP contribution in [-0.2, 0) is 9.84 Å². The van der Waals surface area contributed by atoms with Gasteiger partial charge in [0.05, 0.1) is 22.4 Å². The number of benzene rings is 2. The molecule has 0 bridgehead atoms. The van der Waals surface area contributed by atoms with Crippen molar-refractivity contribution in [3.05, 3.63) is 53.4 Å². The Labute approximate surface area is 160 Å². The minimum Gasteiger partial charge on any atom is -0.496 e. The van der Waals surface area contributed by atoms with Crippen LogP contribution in [0.15, 0.2) is 39.1 Å². The van der Waals surface area contributed by atoms with E-state index in [1.807, 2.05) is 0 Å². The summed E-state index contributed by atoms with van der Waals surface area (Å²) >= 11 is 0.261. The van der Waals surface area contributed by atoms with Crippen molar-refractivity contribution in [2.24, 2.45) is 0 Å². The molecule has 0 N–H and O–H groups in total. The van der Waals surface area contributed by atoms with Crippen molar-refractivity contribution >= 4 is 32.5 Å². The summed E-state index contributed by atoms with van der Waals surface area (Å²) in [5.41, 5.74) is 0.134. The number of hydrogen-bond acceptors (Lipinski definition) is 5. The Morgan fingerprint density at radius 2 is 1.43 bits per heavy atom. The van der Waals surface area contributed by atoms with Gasteiger partial charge in [0, 0.05) is 11.6 Å². The molecule has 0 amide bonds. The summed E-state index contributed by atoms with van der Waals surface area (Å²) in [6.07, 6.45) is 0.954. The lowest BCUT2D eigenvalue weighted by Gasteiger charge is -2.13. The maximum Gasteiger partial charge on any atom is 0.200 e. The highest BCUT2D eigenvalue weighted by molar-refractivity contribution is 7.99. The number of halogens is 5. The Morgan fingerprint density at radius 1 is 0.857 bits per heavy atom. The largest absolute Gasteiger partial charge is 0.496 e. The summed E-state index contributed by atoms with van der Waals surface area (Å²) in [6, 6.07) is 5.23. The SMILES string of the molecule is COc1ccc2nc(S(C)(=O)=O)ccc2c1Sc1c(F)c(F)c(F)c(F)c1F. The number of aromatic nitrogens is 1. The lowest BCUT2D eigenvalue weighted by Crippen LogP contribution is -2.04. The normalized spacial score (nSPS) is 11.8. The quantitative estimate of drug-likeness (QED) is 0.343. The number of fused-ring (bicyclic) bond motifs is 1. The molecule has 0 saturated heterocycles. The van der Waals surface area contributed by atoms with Gasteiger partial charge in [-0.25, -0.2) is 35.4 Å². The molecule has 0 fully saturated rings. The second-order valence-electron chi connectivity index (χ2n) is 5.59. The van der Waals surface area contributed by atoms with Gasteiger partial charge >= 0.3 is 0 Å². The van der Waals surface area contributed by atoms with Gasteiger partial charge in [0.2, 0.25) is 5.82 Å². The monoisotopic (exact) mass is 435 g/mol. The number of sulfone groups is 1. The van der Waals surface area contributed by atoms with Crippen LogP contribution in [0.4, 0.5) is 22.0 Å². The topological polar surface area (TPSA) is 56.3 Å². The van der Waals surface area contributed by atoms with E-state index in [-0.39, 0.29) is 38.3 Å². The molecule has 0 atom stereocenters. The van der Waals surface area contributed by atoms with Crippen LogP contribution in [0.25, 0.3) is 10.9 Å². The lowest BCUT2D eigenvalue weighted by molar-refractivity contribution is 0.360. The summed E-state index contributed by atoms with van der Waals surface area (Å²) in [4.78, 5) is 2.86. The standard InChI is InChI=1S/C17H10F5NO3S2/c1-26-9-5-4-8-7(3-6-10(23-8)28(2,24)25)16(9)27-17-14(21)12(19)11(18)13(20)15(17)22/h3-6H,1-2H3. The number of hydrogen-bond donors (Lipinski definition) is 0. The summed E-state index contributed by atoms with van der Waals surface area (Å²) in [5, 5.41) is -0.0296. The van der Waals surface area contributed by atoms with Gasteiger partial charge in [-0.1, -0.05) is 11.8 Å². The van der Waals surface area contributed by atoms with Crippen molar-refractivity contribution in [3.8, 4) is 5.75 Å². The van der Waals surface area contributed by atoms with E-state index in [1.165, 1.54) is 31.4 Å². The molecule has 0 saturated carbocycles. The van der Waals surface area contributed by atoms with Gasteiger partial charge in [0.25, 0.3) is 0 Å². The Bertz CT molecular complexity index is 1190. The van der Waals surface area contributed by atoms with Gasteiger partial charge < -0.3 is 4.74 Å². The zero-order valence-corrected chi connectivity index (χ0v) is 15.8. The van der Waals surface area contributed by atoms with Crippen LogP contribution in [0.1, 0.15) is 0 Å². The summed E-state index contributed by atoms with van der Waals surface area (Å²) in [6.45, 7) is 0. The van der Waals surface area contributed by atoms with Gasteiger partial charge in [-0.3, -0.25) is 0 Å². The molecule has 3 rings (SSSR count). The van der Waals surface area contributed by atoms with Crippen molar-refractivity contribution in [1.82, 2.24) is 4.98 Å². The zero-order valence-electron chi connectivity index (χ0n) is 14.2. The molecule has 0 aliphatic rings. The highest BCUT2D eigenvalue weighted by Gasteiger charge is 2.27. The maximum absolute atomic E-state index is 14.1. The molecule has 2 aromatic carbocycles. The van der Waals surface area contributed by atoms with E-state index in [4.69, 9.17) is 4.74 Å². The first-order valence-electron chi connectivity index (χ1n) is 7.43. The van der Waals surface area contributed by atoms with Crippen LogP contribution in [0.2, 0.25) is 0 Å². The fourth-order valence-corrected chi connectivity index (χ4v) is 4.06. The smallest absolute Gasteiger partial charge is 0.200 e. The molecule has 148 valence electrons. The van der Waals surface area contributed by atoms with Crippen molar-refractivity contribution in [2.45, 2.75) is 14.8 Å². The summed E-state index contributed by atoms with van der Waals surface area (Å²) in [5.74, 6) is -10.3. The van der Waals surface area contributed by atoms with Gasteiger partial charge in [-0.05, 0) is 24.3 Å². The van der Waals surface area contributed by atoms with Crippen LogP contribution in [0.3, 0.4) is 0 Å². The van der Waals surface area contributed by atoms with Crippen molar-refractivity contribution < 1.29 is 35.1 Å². The molecule has 1 aromatic heterocycles. The van der Waals surface area contributed by atoms with Crippen molar-refractivity contribution in [2.75, 3.05) is 13.4 Å². The molecule has 0 spiro atoms. The third kappa shape index (κ3) is 3.39. The van der Waals surface area contributed by atoms with E-state index in [0.717, 1.165) is 6.26 Å².